The molecule has 2 aliphatic heterocycles. The average Bonchev–Trinajstić information content (AvgIpc) is 2.86. The molecule has 6 unspecified atom stereocenters. The SMILES string of the molecule is CC(C)(C)OC(=O)N1C[C@H](O)C[C@H]1B1OC2C3CC4CC5C43C2[C@@]5(C)O1. The molecule has 2 saturated heterocycles. The molecule has 9 atom stereocenters. The Morgan fingerprint density at radius 1 is 1.31 bits per heavy atom. The molecule has 0 bridgehead atoms. The maximum atomic E-state index is 12.7. The van der Waals surface area contributed by atoms with Crippen LogP contribution in [-0.2, 0) is 14.0 Å². The number of ether oxygens (including phenoxy) is 1. The van der Waals surface area contributed by atoms with Crippen LogP contribution in [0.4, 0.5) is 4.79 Å². The molecule has 2 heterocycles. The van der Waals surface area contributed by atoms with E-state index in [9.17, 15) is 9.90 Å². The summed E-state index contributed by atoms with van der Waals surface area (Å²) in [6.07, 6.45) is 2.44. The van der Waals surface area contributed by atoms with Gasteiger partial charge in [0.1, 0.15) is 5.60 Å². The van der Waals surface area contributed by atoms with E-state index in [0.29, 0.717) is 29.6 Å². The Hall–Kier alpha value is -0.785. The Morgan fingerprint density at radius 2 is 2.08 bits per heavy atom. The summed E-state index contributed by atoms with van der Waals surface area (Å²) >= 11 is 0. The van der Waals surface area contributed by atoms with Gasteiger partial charge in [0.25, 0.3) is 0 Å². The van der Waals surface area contributed by atoms with E-state index in [1.165, 1.54) is 12.8 Å². The standard InChI is InChI=1S/C19H28BNO5/c1-17(2,3)24-16(23)21-8-10(22)7-13(21)20-25-14-11-5-9-6-12-18(4,26-20)15(14)19(9,11)12/h9-15,22H,5-8H2,1-4H3/t9?,10-,11?,12?,13+,14?,15?,18+,19?/m1/s1. The highest BCUT2D eigenvalue weighted by Crippen LogP contribution is 2.92. The van der Waals surface area contributed by atoms with Gasteiger partial charge in [0, 0.05) is 12.5 Å². The number of hydrogen-bond acceptors (Lipinski definition) is 5. The lowest BCUT2D eigenvalue weighted by molar-refractivity contribution is -0.498. The molecule has 6 fully saturated rings. The van der Waals surface area contributed by atoms with Gasteiger partial charge in [0.15, 0.2) is 0 Å². The van der Waals surface area contributed by atoms with E-state index in [0.717, 1.165) is 5.92 Å². The summed E-state index contributed by atoms with van der Waals surface area (Å²) in [7, 11) is -0.455. The van der Waals surface area contributed by atoms with Gasteiger partial charge in [0.05, 0.1) is 23.8 Å². The number of rotatable bonds is 1. The molecule has 0 aromatic carbocycles. The number of carbonyl (C=O) groups is 1. The highest BCUT2D eigenvalue weighted by atomic mass is 16.6. The number of aliphatic hydroxyl groups excluding tert-OH is 1. The Bertz CT molecular complexity index is 696. The minimum Gasteiger partial charge on any atom is -0.444 e. The quantitative estimate of drug-likeness (QED) is 0.722. The first-order chi connectivity index (χ1) is 12.2. The van der Waals surface area contributed by atoms with Crippen molar-refractivity contribution in [3.05, 3.63) is 0 Å². The summed E-state index contributed by atoms with van der Waals surface area (Å²) in [5, 5.41) is 10.2. The van der Waals surface area contributed by atoms with Gasteiger partial charge in [-0.2, -0.15) is 0 Å². The second-order valence-corrected chi connectivity index (χ2v) is 10.7. The smallest absolute Gasteiger partial charge is 0.444 e. The van der Waals surface area contributed by atoms with E-state index in [2.05, 4.69) is 6.92 Å². The average molecular weight is 361 g/mol. The fourth-order valence-corrected chi connectivity index (χ4v) is 7.78. The van der Waals surface area contributed by atoms with Crippen molar-refractivity contribution in [2.45, 2.75) is 76.3 Å². The molecule has 0 aromatic heterocycles. The third kappa shape index (κ3) is 1.58. The number of likely N-dealkylation sites (tertiary alicyclic amines) is 1. The first-order valence-corrected chi connectivity index (χ1v) is 10.2. The Labute approximate surface area is 154 Å². The fourth-order valence-electron chi connectivity index (χ4n) is 7.78. The largest absolute Gasteiger partial charge is 0.482 e. The zero-order chi connectivity index (χ0) is 18.2. The lowest BCUT2D eigenvalue weighted by Crippen LogP contribution is -2.97. The van der Waals surface area contributed by atoms with Crippen LogP contribution in [-0.4, -0.2) is 59.1 Å². The number of amides is 1. The Kier molecular flexibility index (Phi) is 2.77. The second kappa shape index (κ2) is 4.44. The minimum absolute atomic E-state index is 0.103. The molecule has 6 aliphatic rings. The van der Waals surface area contributed by atoms with E-state index in [1.807, 2.05) is 20.8 Å². The minimum atomic E-state index is -0.561. The molecule has 6 rings (SSSR count). The highest BCUT2D eigenvalue weighted by Gasteiger charge is 2.94. The molecule has 6 nitrogen and oxygen atoms in total. The van der Waals surface area contributed by atoms with Crippen LogP contribution >= 0.6 is 0 Å². The van der Waals surface area contributed by atoms with Gasteiger partial charge < -0.3 is 24.1 Å². The van der Waals surface area contributed by atoms with Crippen molar-refractivity contribution in [1.29, 1.82) is 0 Å². The second-order valence-electron chi connectivity index (χ2n) is 10.7. The first-order valence-electron chi connectivity index (χ1n) is 10.2. The van der Waals surface area contributed by atoms with Gasteiger partial charge in [-0.25, -0.2) is 4.79 Å². The number of nitrogens with zero attached hydrogens (tertiary/aromatic N) is 1. The first kappa shape index (κ1) is 16.2. The van der Waals surface area contributed by atoms with Crippen molar-refractivity contribution in [3.63, 3.8) is 0 Å². The summed E-state index contributed by atoms with van der Waals surface area (Å²) in [5.41, 5.74) is -0.104. The predicted octanol–water partition coefficient (Wildman–Crippen LogP) is 1.84. The summed E-state index contributed by atoms with van der Waals surface area (Å²) < 4.78 is 18.5. The molecule has 0 radical (unpaired) electrons. The number of aliphatic hydroxyl groups is 1. The van der Waals surface area contributed by atoms with Crippen molar-refractivity contribution >= 4 is 13.2 Å². The van der Waals surface area contributed by atoms with Crippen molar-refractivity contribution in [3.8, 4) is 0 Å². The van der Waals surface area contributed by atoms with Crippen LogP contribution in [0.25, 0.3) is 0 Å². The molecular formula is C19H28BNO5. The zero-order valence-electron chi connectivity index (χ0n) is 16.0. The third-order valence-corrected chi connectivity index (χ3v) is 8.51. The Balaban J connectivity index is 1.24. The normalized spacial score (nSPS) is 55.7. The van der Waals surface area contributed by atoms with Crippen LogP contribution < -0.4 is 0 Å². The Morgan fingerprint density at radius 3 is 2.77 bits per heavy atom. The maximum absolute atomic E-state index is 12.7. The van der Waals surface area contributed by atoms with Crippen molar-refractivity contribution in [1.82, 2.24) is 4.90 Å². The zero-order valence-corrected chi connectivity index (χ0v) is 16.0. The molecule has 4 aliphatic carbocycles. The molecule has 142 valence electrons. The molecule has 1 spiro atoms. The van der Waals surface area contributed by atoms with Crippen LogP contribution in [0, 0.1) is 29.1 Å². The van der Waals surface area contributed by atoms with Gasteiger partial charge in [-0.05, 0) is 70.1 Å². The molecule has 26 heavy (non-hydrogen) atoms. The van der Waals surface area contributed by atoms with E-state index < -0.39 is 18.8 Å². The topological polar surface area (TPSA) is 68.2 Å². The number of β-amino-alcohol motifs (C(OH)–C–C–N with tert-alkyl or cyclic N) is 1. The number of fused-ring (bicyclic) bond motifs is 2. The predicted molar refractivity (Wildman–Crippen MR) is 93.1 cm³/mol. The maximum Gasteiger partial charge on any atom is 0.482 e. The van der Waals surface area contributed by atoms with Crippen LogP contribution in [0.5, 0.6) is 0 Å². The van der Waals surface area contributed by atoms with Gasteiger partial charge in [0.2, 0.25) is 0 Å². The third-order valence-electron chi connectivity index (χ3n) is 8.51. The summed E-state index contributed by atoms with van der Waals surface area (Å²) in [6, 6.07) is 0. The van der Waals surface area contributed by atoms with E-state index in [1.54, 1.807) is 4.90 Å². The lowest BCUT2D eigenvalue weighted by atomic mass is 9.13. The van der Waals surface area contributed by atoms with Crippen LogP contribution in [0.2, 0.25) is 0 Å². The van der Waals surface area contributed by atoms with Crippen molar-refractivity contribution < 1.29 is 23.9 Å². The lowest BCUT2D eigenvalue weighted by Gasteiger charge is -2.94. The van der Waals surface area contributed by atoms with Crippen LogP contribution in [0.3, 0.4) is 0 Å². The molecule has 0 aromatic rings. The van der Waals surface area contributed by atoms with Gasteiger partial charge in [-0.15, -0.1) is 0 Å². The summed E-state index contributed by atoms with van der Waals surface area (Å²) in [6.45, 7) is 8.11. The molecule has 4 saturated carbocycles. The van der Waals surface area contributed by atoms with Gasteiger partial charge >= 0.3 is 13.2 Å². The van der Waals surface area contributed by atoms with Gasteiger partial charge in [-0.1, -0.05) is 0 Å². The summed E-state index contributed by atoms with van der Waals surface area (Å²) in [5.74, 6) is 2.58. The monoisotopic (exact) mass is 361 g/mol. The molecular weight excluding hydrogens is 333 g/mol. The summed E-state index contributed by atoms with van der Waals surface area (Å²) in [4.78, 5) is 14.3. The van der Waals surface area contributed by atoms with Crippen LogP contribution in [0.15, 0.2) is 0 Å². The van der Waals surface area contributed by atoms with E-state index >= 15 is 0 Å². The van der Waals surface area contributed by atoms with Crippen LogP contribution in [0.1, 0.15) is 47.0 Å². The van der Waals surface area contributed by atoms with E-state index in [-0.39, 0.29) is 30.3 Å². The fraction of sp³-hybridized carbons (Fsp3) is 0.947. The van der Waals surface area contributed by atoms with Crippen molar-refractivity contribution in [2.75, 3.05) is 6.54 Å². The van der Waals surface area contributed by atoms with Gasteiger partial charge in [-0.3, -0.25) is 0 Å². The van der Waals surface area contributed by atoms with E-state index in [4.69, 9.17) is 14.0 Å². The number of carbonyl (C=O) groups excluding carboxylic acids is 1. The number of hydrogen-bond donors (Lipinski definition) is 1. The molecule has 1 amide bonds. The highest BCUT2D eigenvalue weighted by molar-refractivity contribution is 6.47. The molecule has 1 N–H and O–H groups in total. The van der Waals surface area contributed by atoms with Crippen molar-refractivity contribution in [2.24, 2.45) is 29.1 Å². The molecule has 7 heteroatoms.